The molecular weight excluding hydrogens is 345 g/mol. The fourth-order valence-electron chi connectivity index (χ4n) is 2.50. The third-order valence-electron chi connectivity index (χ3n) is 3.73. The summed E-state index contributed by atoms with van der Waals surface area (Å²) in [7, 11) is -4.10. The lowest BCUT2D eigenvalue weighted by Gasteiger charge is -2.19. The standard InChI is InChI=1S/C18H20FNO4S/c1-13-7-9-16(19)17(11-13)25(23,24)20-15(8-10-18(21)22)12-14-5-3-2-4-6-14/h2-7,9,11,15,20H,8,10,12H2,1H3,(H,21,22). The van der Waals surface area contributed by atoms with E-state index in [1.807, 2.05) is 30.3 Å². The number of benzene rings is 2. The largest absolute Gasteiger partial charge is 0.481 e. The van der Waals surface area contributed by atoms with E-state index in [2.05, 4.69) is 4.72 Å². The quantitative estimate of drug-likeness (QED) is 0.753. The average molecular weight is 365 g/mol. The van der Waals surface area contributed by atoms with Gasteiger partial charge >= 0.3 is 5.97 Å². The Morgan fingerprint density at radius 3 is 2.52 bits per heavy atom. The third-order valence-corrected chi connectivity index (χ3v) is 5.27. The van der Waals surface area contributed by atoms with Crippen LogP contribution in [0.5, 0.6) is 0 Å². The van der Waals surface area contributed by atoms with Crippen LogP contribution >= 0.6 is 0 Å². The predicted octanol–water partition coefficient (Wildman–Crippen LogP) is 2.89. The molecule has 0 radical (unpaired) electrons. The Kier molecular flexibility index (Phi) is 6.27. The monoisotopic (exact) mass is 365 g/mol. The highest BCUT2D eigenvalue weighted by Crippen LogP contribution is 2.18. The van der Waals surface area contributed by atoms with Crippen molar-refractivity contribution < 1.29 is 22.7 Å². The Morgan fingerprint density at radius 1 is 1.20 bits per heavy atom. The van der Waals surface area contributed by atoms with Gasteiger partial charge in [0.2, 0.25) is 10.0 Å². The molecule has 0 amide bonds. The van der Waals surface area contributed by atoms with Gasteiger partial charge < -0.3 is 5.11 Å². The Labute approximate surface area is 146 Å². The number of nitrogens with one attached hydrogen (secondary N) is 1. The molecule has 2 aromatic rings. The molecule has 0 saturated carbocycles. The first kappa shape index (κ1) is 19.1. The molecule has 7 heteroatoms. The van der Waals surface area contributed by atoms with Crippen LogP contribution < -0.4 is 4.72 Å². The van der Waals surface area contributed by atoms with E-state index < -0.39 is 32.7 Å². The van der Waals surface area contributed by atoms with Crippen LogP contribution in [-0.2, 0) is 21.2 Å². The normalized spacial score (nSPS) is 12.7. The van der Waals surface area contributed by atoms with E-state index in [-0.39, 0.29) is 12.8 Å². The van der Waals surface area contributed by atoms with Gasteiger partial charge in [-0.3, -0.25) is 4.79 Å². The van der Waals surface area contributed by atoms with Gasteiger partial charge in [-0.2, -0.15) is 0 Å². The van der Waals surface area contributed by atoms with E-state index in [4.69, 9.17) is 5.11 Å². The second-order valence-corrected chi connectivity index (χ2v) is 7.56. The zero-order valence-corrected chi connectivity index (χ0v) is 14.6. The highest BCUT2D eigenvalue weighted by molar-refractivity contribution is 7.89. The smallest absolute Gasteiger partial charge is 0.303 e. The van der Waals surface area contributed by atoms with Crippen LogP contribution in [0.3, 0.4) is 0 Å². The highest BCUT2D eigenvalue weighted by Gasteiger charge is 2.24. The van der Waals surface area contributed by atoms with E-state index in [9.17, 15) is 17.6 Å². The lowest BCUT2D eigenvalue weighted by atomic mass is 10.0. The summed E-state index contributed by atoms with van der Waals surface area (Å²) in [6, 6.07) is 12.3. The minimum Gasteiger partial charge on any atom is -0.481 e. The van der Waals surface area contributed by atoms with Crippen molar-refractivity contribution >= 4 is 16.0 Å². The van der Waals surface area contributed by atoms with Crippen LogP contribution in [-0.4, -0.2) is 25.5 Å². The van der Waals surface area contributed by atoms with Crippen molar-refractivity contribution in [1.29, 1.82) is 0 Å². The Hall–Kier alpha value is -2.25. The number of rotatable bonds is 8. The van der Waals surface area contributed by atoms with E-state index in [1.165, 1.54) is 12.1 Å². The van der Waals surface area contributed by atoms with E-state index in [0.717, 1.165) is 11.6 Å². The molecule has 0 heterocycles. The maximum Gasteiger partial charge on any atom is 0.303 e. The van der Waals surface area contributed by atoms with Crippen molar-refractivity contribution in [2.24, 2.45) is 0 Å². The van der Waals surface area contributed by atoms with Crippen LogP contribution in [0.4, 0.5) is 4.39 Å². The van der Waals surface area contributed by atoms with Crippen molar-refractivity contribution in [2.45, 2.75) is 37.1 Å². The van der Waals surface area contributed by atoms with Crippen molar-refractivity contribution in [3.05, 3.63) is 65.5 Å². The Balaban J connectivity index is 2.24. The predicted molar refractivity (Wildman–Crippen MR) is 92.3 cm³/mol. The van der Waals surface area contributed by atoms with Crippen LogP contribution in [0.25, 0.3) is 0 Å². The molecule has 2 N–H and O–H groups in total. The summed E-state index contributed by atoms with van der Waals surface area (Å²) in [5.74, 6) is -1.85. The zero-order valence-electron chi connectivity index (χ0n) is 13.8. The molecular formula is C18H20FNO4S. The van der Waals surface area contributed by atoms with Gasteiger partial charge in [-0.25, -0.2) is 17.5 Å². The summed E-state index contributed by atoms with van der Waals surface area (Å²) in [5.41, 5.74) is 1.48. The Bertz CT molecular complexity index is 837. The van der Waals surface area contributed by atoms with Gasteiger partial charge in [0.25, 0.3) is 0 Å². The van der Waals surface area contributed by atoms with Gasteiger partial charge in [-0.15, -0.1) is 0 Å². The molecule has 0 aliphatic rings. The summed E-state index contributed by atoms with van der Waals surface area (Å²) in [6.07, 6.45) is 0.244. The maximum atomic E-state index is 13.9. The molecule has 2 aromatic carbocycles. The van der Waals surface area contributed by atoms with Crippen LogP contribution in [0.15, 0.2) is 53.4 Å². The summed E-state index contributed by atoms with van der Waals surface area (Å²) < 4.78 is 41.5. The number of aryl methyl sites for hydroxylation is 1. The van der Waals surface area contributed by atoms with E-state index in [1.54, 1.807) is 6.92 Å². The summed E-state index contributed by atoms with van der Waals surface area (Å²) >= 11 is 0. The number of carbonyl (C=O) groups is 1. The molecule has 134 valence electrons. The van der Waals surface area contributed by atoms with Crippen LogP contribution in [0.1, 0.15) is 24.0 Å². The van der Waals surface area contributed by atoms with Gasteiger partial charge in [0, 0.05) is 12.5 Å². The van der Waals surface area contributed by atoms with E-state index in [0.29, 0.717) is 12.0 Å². The fraction of sp³-hybridized carbons (Fsp3) is 0.278. The molecule has 1 atom stereocenters. The van der Waals surface area contributed by atoms with Gasteiger partial charge in [0.1, 0.15) is 10.7 Å². The number of carboxylic acid groups (broad SMARTS) is 1. The van der Waals surface area contributed by atoms with Gasteiger partial charge in [0.05, 0.1) is 0 Å². The van der Waals surface area contributed by atoms with Gasteiger partial charge in [-0.1, -0.05) is 36.4 Å². The molecule has 0 fully saturated rings. The second-order valence-electron chi connectivity index (χ2n) is 5.87. The average Bonchev–Trinajstić information content (AvgIpc) is 2.55. The lowest BCUT2D eigenvalue weighted by Crippen LogP contribution is -2.37. The fourth-order valence-corrected chi connectivity index (χ4v) is 3.93. The number of sulfonamides is 1. The van der Waals surface area contributed by atoms with Crippen molar-refractivity contribution in [1.82, 2.24) is 4.72 Å². The molecule has 1 unspecified atom stereocenters. The molecule has 5 nitrogen and oxygen atoms in total. The molecule has 0 spiro atoms. The number of halogens is 1. The van der Waals surface area contributed by atoms with Gasteiger partial charge in [-0.05, 0) is 43.0 Å². The molecule has 0 aliphatic carbocycles. The Morgan fingerprint density at radius 2 is 1.88 bits per heavy atom. The number of carboxylic acids is 1. The molecule has 0 saturated heterocycles. The number of aliphatic carboxylic acids is 1. The third kappa shape index (κ3) is 5.65. The molecule has 2 rings (SSSR count). The van der Waals surface area contributed by atoms with Crippen molar-refractivity contribution in [3.63, 3.8) is 0 Å². The number of hydrogen-bond acceptors (Lipinski definition) is 3. The minimum atomic E-state index is -4.10. The molecule has 0 aliphatic heterocycles. The first-order chi connectivity index (χ1) is 11.8. The van der Waals surface area contributed by atoms with Crippen LogP contribution in [0, 0.1) is 12.7 Å². The first-order valence-electron chi connectivity index (χ1n) is 7.82. The molecule has 0 bridgehead atoms. The SMILES string of the molecule is Cc1ccc(F)c(S(=O)(=O)NC(CCC(=O)O)Cc2ccccc2)c1. The van der Waals surface area contributed by atoms with Crippen LogP contribution in [0.2, 0.25) is 0 Å². The summed E-state index contributed by atoms with van der Waals surface area (Å²) in [5, 5.41) is 8.89. The first-order valence-corrected chi connectivity index (χ1v) is 9.30. The maximum absolute atomic E-state index is 13.9. The summed E-state index contributed by atoms with van der Waals surface area (Å²) in [4.78, 5) is 10.4. The topological polar surface area (TPSA) is 83.5 Å². The van der Waals surface area contributed by atoms with Gasteiger partial charge in [0.15, 0.2) is 0 Å². The summed E-state index contributed by atoms with van der Waals surface area (Å²) in [6.45, 7) is 1.67. The lowest BCUT2D eigenvalue weighted by molar-refractivity contribution is -0.137. The molecule has 25 heavy (non-hydrogen) atoms. The van der Waals surface area contributed by atoms with E-state index >= 15 is 0 Å². The number of hydrogen-bond donors (Lipinski definition) is 2. The molecule has 0 aromatic heterocycles. The van der Waals surface area contributed by atoms with Crippen molar-refractivity contribution in [2.75, 3.05) is 0 Å². The van der Waals surface area contributed by atoms with Crippen molar-refractivity contribution in [3.8, 4) is 0 Å². The minimum absolute atomic E-state index is 0.108. The highest BCUT2D eigenvalue weighted by atomic mass is 32.2. The second kappa shape index (κ2) is 8.22. The zero-order chi connectivity index (χ0) is 18.4.